The second-order valence-electron chi connectivity index (χ2n) is 5.71. The molecule has 3 rings (SSSR count). The minimum Gasteiger partial charge on any atom is -0.486 e. The zero-order valence-electron chi connectivity index (χ0n) is 12.7. The van der Waals surface area contributed by atoms with Gasteiger partial charge in [0.1, 0.15) is 13.2 Å². The Bertz CT molecular complexity index is 509. The van der Waals surface area contributed by atoms with Crippen LogP contribution in [0.4, 0.5) is 0 Å². The van der Waals surface area contributed by atoms with E-state index in [0.717, 1.165) is 25.4 Å². The number of hydrogen-bond donors (Lipinski definition) is 1. The van der Waals surface area contributed by atoms with Crippen LogP contribution in [-0.4, -0.2) is 44.8 Å². The first kappa shape index (κ1) is 14.9. The Morgan fingerprint density at radius 3 is 2.90 bits per heavy atom. The predicted octanol–water partition coefficient (Wildman–Crippen LogP) is 2.71. The van der Waals surface area contributed by atoms with Crippen molar-refractivity contribution in [1.29, 1.82) is 0 Å². The second-order valence-corrected chi connectivity index (χ2v) is 6.11. The fraction of sp³-hybridized carbons (Fsp3) is 0.625. The first-order chi connectivity index (χ1) is 10.2. The summed E-state index contributed by atoms with van der Waals surface area (Å²) in [5.41, 5.74) is 1.24. The minimum atomic E-state index is 0.399. The van der Waals surface area contributed by atoms with Gasteiger partial charge < -0.3 is 14.8 Å². The zero-order valence-corrected chi connectivity index (χ0v) is 13.4. The molecule has 1 aromatic carbocycles. The molecule has 0 spiro atoms. The van der Waals surface area contributed by atoms with Crippen molar-refractivity contribution in [1.82, 2.24) is 10.2 Å². The average Bonchev–Trinajstić information content (AvgIpc) is 2.90. The molecule has 1 N–H and O–H groups in total. The number of halogens is 1. The monoisotopic (exact) mass is 310 g/mol. The molecule has 0 bridgehead atoms. The summed E-state index contributed by atoms with van der Waals surface area (Å²) in [6, 6.07) is 4.56. The Hall–Kier alpha value is -0.970. The fourth-order valence-corrected chi connectivity index (χ4v) is 3.82. The molecule has 2 atom stereocenters. The number of rotatable bonds is 4. The molecule has 1 saturated heterocycles. The molecule has 1 fully saturated rings. The number of nitrogens with zero attached hydrogens (tertiary/aromatic N) is 1. The van der Waals surface area contributed by atoms with Gasteiger partial charge in [-0.1, -0.05) is 18.5 Å². The zero-order chi connectivity index (χ0) is 14.8. The summed E-state index contributed by atoms with van der Waals surface area (Å²) in [7, 11) is 2.02. The van der Waals surface area contributed by atoms with Crippen LogP contribution in [-0.2, 0) is 0 Å². The third-order valence-corrected chi connectivity index (χ3v) is 4.74. The molecule has 0 amide bonds. The quantitative estimate of drug-likeness (QED) is 0.927. The number of benzene rings is 1. The molecule has 1 aromatic rings. The lowest BCUT2D eigenvalue weighted by Gasteiger charge is -2.29. The highest BCUT2D eigenvalue weighted by Gasteiger charge is 2.35. The lowest BCUT2D eigenvalue weighted by molar-refractivity contribution is 0.170. The van der Waals surface area contributed by atoms with E-state index in [1.807, 2.05) is 7.05 Å². The largest absolute Gasteiger partial charge is 0.486 e. The van der Waals surface area contributed by atoms with E-state index < -0.39 is 0 Å². The van der Waals surface area contributed by atoms with Gasteiger partial charge in [0, 0.05) is 6.04 Å². The number of ether oxygens (including phenoxy) is 2. The first-order valence-corrected chi connectivity index (χ1v) is 8.10. The molecule has 2 aliphatic rings. The summed E-state index contributed by atoms with van der Waals surface area (Å²) in [6.07, 6.45) is 1.21. The Morgan fingerprint density at radius 1 is 1.33 bits per heavy atom. The van der Waals surface area contributed by atoms with Gasteiger partial charge >= 0.3 is 0 Å². The fourth-order valence-electron chi connectivity index (χ4n) is 3.54. The van der Waals surface area contributed by atoms with Crippen LogP contribution in [0.15, 0.2) is 12.1 Å². The summed E-state index contributed by atoms with van der Waals surface area (Å²) >= 11 is 6.40. The molecule has 2 aliphatic heterocycles. The molecule has 2 unspecified atom stereocenters. The van der Waals surface area contributed by atoms with Crippen molar-refractivity contribution in [2.75, 3.05) is 39.9 Å². The van der Waals surface area contributed by atoms with Crippen LogP contribution in [0.2, 0.25) is 5.02 Å². The highest BCUT2D eigenvalue weighted by atomic mass is 35.5. The maximum absolute atomic E-state index is 6.40. The van der Waals surface area contributed by atoms with Crippen molar-refractivity contribution in [2.45, 2.75) is 19.4 Å². The number of likely N-dealkylation sites (tertiary alicyclic amines) is 1. The van der Waals surface area contributed by atoms with Gasteiger partial charge in [-0.25, -0.2) is 0 Å². The van der Waals surface area contributed by atoms with Gasteiger partial charge in [-0.05, 0) is 56.7 Å². The number of fused-ring (bicyclic) bond motifs is 1. The van der Waals surface area contributed by atoms with Crippen LogP contribution < -0.4 is 14.8 Å². The molecule has 0 radical (unpaired) electrons. The highest BCUT2D eigenvalue weighted by molar-refractivity contribution is 6.32. The van der Waals surface area contributed by atoms with E-state index in [1.54, 1.807) is 0 Å². The molecule has 21 heavy (non-hydrogen) atoms. The van der Waals surface area contributed by atoms with Gasteiger partial charge in [-0.3, -0.25) is 4.90 Å². The predicted molar refractivity (Wildman–Crippen MR) is 84.5 cm³/mol. The van der Waals surface area contributed by atoms with Crippen molar-refractivity contribution in [3.63, 3.8) is 0 Å². The van der Waals surface area contributed by atoms with Crippen LogP contribution in [0.3, 0.4) is 0 Å². The van der Waals surface area contributed by atoms with Crippen molar-refractivity contribution < 1.29 is 9.47 Å². The standard InChI is InChI=1S/C16H23ClN2O2/c1-3-19-5-4-11(10-18-2)15(19)12-8-13(17)16-14(9-12)20-6-7-21-16/h8-9,11,15,18H,3-7,10H2,1-2H3. The maximum Gasteiger partial charge on any atom is 0.179 e. The second kappa shape index (κ2) is 6.42. The van der Waals surface area contributed by atoms with E-state index in [9.17, 15) is 0 Å². The van der Waals surface area contributed by atoms with Gasteiger partial charge in [0.05, 0.1) is 5.02 Å². The average molecular weight is 311 g/mol. The Balaban J connectivity index is 1.95. The van der Waals surface area contributed by atoms with Crippen LogP contribution >= 0.6 is 11.6 Å². The van der Waals surface area contributed by atoms with Gasteiger partial charge in [0.2, 0.25) is 0 Å². The number of hydrogen-bond acceptors (Lipinski definition) is 4. The summed E-state index contributed by atoms with van der Waals surface area (Å²) in [6.45, 7) is 6.59. The van der Waals surface area contributed by atoms with Crippen molar-refractivity contribution >= 4 is 11.6 Å². The van der Waals surface area contributed by atoms with E-state index in [0.29, 0.717) is 35.9 Å². The molecular formula is C16H23ClN2O2. The van der Waals surface area contributed by atoms with E-state index >= 15 is 0 Å². The Labute approximate surface area is 131 Å². The molecule has 116 valence electrons. The smallest absolute Gasteiger partial charge is 0.179 e. The molecule has 0 aromatic heterocycles. The van der Waals surface area contributed by atoms with Crippen molar-refractivity contribution in [2.24, 2.45) is 5.92 Å². The lowest BCUT2D eigenvalue weighted by atomic mass is 9.93. The summed E-state index contributed by atoms with van der Waals surface area (Å²) in [5.74, 6) is 2.08. The van der Waals surface area contributed by atoms with Gasteiger partial charge in [0.25, 0.3) is 0 Å². The first-order valence-electron chi connectivity index (χ1n) is 7.72. The van der Waals surface area contributed by atoms with E-state index in [1.165, 1.54) is 12.0 Å². The van der Waals surface area contributed by atoms with E-state index in [4.69, 9.17) is 21.1 Å². The summed E-state index contributed by atoms with van der Waals surface area (Å²) < 4.78 is 11.3. The number of nitrogens with one attached hydrogen (secondary N) is 1. The lowest BCUT2D eigenvalue weighted by Crippen LogP contribution is -2.29. The summed E-state index contributed by atoms with van der Waals surface area (Å²) in [5, 5.41) is 3.98. The van der Waals surface area contributed by atoms with Crippen molar-refractivity contribution in [3.05, 3.63) is 22.7 Å². The van der Waals surface area contributed by atoms with Crippen LogP contribution in [0.1, 0.15) is 24.9 Å². The molecule has 0 saturated carbocycles. The van der Waals surface area contributed by atoms with Crippen molar-refractivity contribution in [3.8, 4) is 11.5 Å². The van der Waals surface area contributed by atoms with E-state index in [-0.39, 0.29) is 0 Å². The van der Waals surface area contributed by atoms with Gasteiger partial charge in [-0.15, -0.1) is 0 Å². The molecule has 2 heterocycles. The molecule has 4 nitrogen and oxygen atoms in total. The van der Waals surface area contributed by atoms with Crippen LogP contribution in [0.25, 0.3) is 0 Å². The minimum absolute atomic E-state index is 0.399. The van der Waals surface area contributed by atoms with Crippen LogP contribution in [0, 0.1) is 5.92 Å². The Morgan fingerprint density at radius 2 is 2.14 bits per heavy atom. The van der Waals surface area contributed by atoms with Gasteiger partial charge in [-0.2, -0.15) is 0 Å². The molecular weight excluding hydrogens is 288 g/mol. The third kappa shape index (κ3) is 2.85. The van der Waals surface area contributed by atoms with Crippen LogP contribution in [0.5, 0.6) is 11.5 Å². The third-order valence-electron chi connectivity index (χ3n) is 4.46. The maximum atomic E-state index is 6.40. The SMILES string of the molecule is CCN1CCC(CNC)C1c1cc(Cl)c2c(c1)OCCO2. The summed E-state index contributed by atoms with van der Waals surface area (Å²) in [4.78, 5) is 2.52. The highest BCUT2D eigenvalue weighted by Crippen LogP contribution is 2.44. The van der Waals surface area contributed by atoms with E-state index in [2.05, 4.69) is 29.3 Å². The van der Waals surface area contributed by atoms with Gasteiger partial charge in [0.15, 0.2) is 11.5 Å². The normalized spacial score (nSPS) is 25.3. The molecule has 0 aliphatic carbocycles. The topological polar surface area (TPSA) is 33.7 Å². The molecule has 5 heteroatoms. The Kier molecular flexibility index (Phi) is 4.57.